The summed E-state index contributed by atoms with van der Waals surface area (Å²) in [4.78, 5) is 26.7. The van der Waals surface area contributed by atoms with E-state index in [-0.39, 0.29) is 23.9 Å². The molecule has 0 aliphatic heterocycles. The first-order valence-corrected chi connectivity index (χ1v) is 8.77. The molecule has 0 amide bonds. The molecule has 29 heavy (non-hydrogen) atoms. The van der Waals surface area contributed by atoms with E-state index in [0.29, 0.717) is 29.5 Å². The Labute approximate surface area is 167 Å². The van der Waals surface area contributed by atoms with E-state index in [1.54, 1.807) is 0 Å². The van der Waals surface area contributed by atoms with Gasteiger partial charge >= 0.3 is 5.97 Å². The van der Waals surface area contributed by atoms with Gasteiger partial charge in [-0.1, -0.05) is 6.92 Å². The fraction of sp³-hybridized carbons (Fsp3) is 0.368. The van der Waals surface area contributed by atoms with Gasteiger partial charge in [-0.2, -0.15) is 0 Å². The summed E-state index contributed by atoms with van der Waals surface area (Å²) in [6, 6.07) is 5.65. The molecule has 1 unspecified atom stereocenters. The molecule has 10 nitrogen and oxygen atoms in total. The lowest BCUT2D eigenvalue weighted by Gasteiger charge is -2.18. The van der Waals surface area contributed by atoms with Crippen LogP contribution in [0.25, 0.3) is 0 Å². The Balaban J connectivity index is 2.05. The van der Waals surface area contributed by atoms with Gasteiger partial charge in [-0.25, -0.2) is 9.78 Å². The highest BCUT2D eigenvalue weighted by Gasteiger charge is 2.19. The molecule has 0 saturated heterocycles. The van der Waals surface area contributed by atoms with E-state index in [9.17, 15) is 14.9 Å². The molecule has 156 valence electrons. The predicted octanol–water partition coefficient (Wildman–Crippen LogP) is 3.06. The minimum absolute atomic E-state index is 0.0741. The molecule has 1 N–H and O–H groups in total. The minimum atomic E-state index is -0.554. The van der Waals surface area contributed by atoms with Crippen LogP contribution in [0.4, 0.5) is 11.5 Å². The lowest BCUT2D eigenvalue weighted by Crippen LogP contribution is -2.26. The lowest BCUT2D eigenvalue weighted by atomic mass is 10.2. The number of hydrogen-bond acceptors (Lipinski definition) is 9. The van der Waals surface area contributed by atoms with Crippen LogP contribution in [0.2, 0.25) is 0 Å². The average Bonchev–Trinajstić information content (AvgIpc) is 2.75. The second-order valence-corrected chi connectivity index (χ2v) is 5.92. The number of nitrogens with zero attached hydrogens (tertiary/aromatic N) is 2. The third-order valence-corrected chi connectivity index (χ3v) is 4.12. The molecule has 1 aromatic carbocycles. The van der Waals surface area contributed by atoms with Gasteiger partial charge in [-0.15, -0.1) is 0 Å². The van der Waals surface area contributed by atoms with Crippen LogP contribution in [-0.2, 0) is 4.74 Å². The molecule has 10 heteroatoms. The van der Waals surface area contributed by atoms with Gasteiger partial charge < -0.3 is 24.3 Å². The van der Waals surface area contributed by atoms with Crippen LogP contribution in [0, 0.1) is 10.1 Å². The summed E-state index contributed by atoms with van der Waals surface area (Å²) in [6.07, 6.45) is 1.80. The van der Waals surface area contributed by atoms with Crippen molar-refractivity contribution in [2.45, 2.75) is 19.4 Å². The Morgan fingerprint density at radius 2 is 1.83 bits per heavy atom. The van der Waals surface area contributed by atoms with Crippen LogP contribution in [0.3, 0.4) is 0 Å². The largest absolute Gasteiger partial charge is 0.493 e. The van der Waals surface area contributed by atoms with E-state index < -0.39 is 10.9 Å². The van der Waals surface area contributed by atoms with Crippen molar-refractivity contribution in [2.75, 3.05) is 33.3 Å². The number of rotatable bonds is 10. The van der Waals surface area contributed by atoms with Gasteiger partial charge in [-0.05, 0) is 24.6 Å². The lowest BCUT2D eigenvalue weighted by molar-refractivity contribution is -0.385. The molecule has 2 rings (SSSR count). The number of nitrogens with one attached hydrogen (secondary N) is 1. The SMILES string of the molecule is CCC(COC(=O)c1cc(OC)c(OC)c(OC)c1)Nc1ccc([N+](=O)[O-])cn1. The van der Waals surface area contributed by atoms with Crippen molar-refractivity contribution in [2.24, 2.45) is 0 Å². The topological polar surface area (TPSA) is 122 Å². The molecule has 1 aromatic heterocycles. The highest BCUT2D eigenvalue weighted by molar-refractivity contribution is 5.91. The number of nitro groups is 1. The van der Waals surface area contributed by atoms with Crippen LogP contribution in [-0.4, -0.2) is 49.9 Å². The van der Waals surface area contributed by atoms with Crippen LogP contribution in [0.15, 0.2) is 30.5 Å². The van der Waals surface area contributed by atoms with Gasteiger partial charge in [0.15, 0.2) is 11.5 Å². The zero-order valence-corrected chi connectivity index (χ0v) is 16.6. The number of anilines is 1. The fourth-order valence-corrected chi connectivity index (χ4v) is 2.51. The Kier molecular flexibility index (Phi) is 7.58. The molecule has 0 bridgehead atoms. The smallest absolute Gasteiger partial charge is 0.338 e. The molecule has 2 aromatic rings. The highest BCUT2D eigenvalue weighted by Crippen LogP contribution is 2.38. The molecule has 1 heterocycles. The molecule has 0 aliphatic rings. The van der Waals surface area contributed by atoms with Crippen molar-refractivity contribution in [3.8, 4) is 17.2 Å². The van der Waals surface area contributed by atoms with Gasteiger partial charge in [0.05, 0.1) is 37.9 Å². The van der Waals surface area contributed by atoms with Crippen LogP contribution in [0.5, 0.6) is 17.2 Å². The zero-order valence-electron chi connectivity index (χ0n) is 16.6. The summed E-state index contributed by atoms with van der Waals surface area (Å²) in [7, 11) is 4.39. The van der Waals surface area contributed by atoms with E-state index in [1.807, 2.05) is 6.92 Å². The van der Waals surface area contributed by atoms with Crippen LogP contribution in [0.1, 0.15) is 23.7 Å². The summed E-state index contributed by atoms with van der Waals surface area (Å²) >= 11 is 0. The zero-order chi connectivity index (χ0) is 21.4. The fourth-order valence-electron chi connectivity index (χ4n) is 2.51. The van der Waals surface area contributed by atoms with Gasteiger partial charge in [-0.3, -0.25) is 10.1 Å². The number of esters is 1. The second kappa shape index (κ2) is 10.1. The van der Waals surface area contributed by atoms with Crippen molar-refractivity contribution in [1.82, 2.24) is 4.98 Å². The van der Waals surface area contributed by atoms with Gasteiger partial charge in [0.1, 0.15) is 18.6 Å². The number of benzene rings is 1. The van der Waals surface area contributed by atoms with Crippen LogP contribution >= 0.6 is 0 Å². The number of pyridine rings is 1. The summed E-state index contributed by atoms with van der Waals surface area (Å²) in [5.41, 5.74) is 0.153. The third kappa shape index (κ3) is 5.47. The number of ether oxygens (including phenoxy) is 4. The van der Waals surface area contributed by atoms with Crippen molar-refractivity contribution in [3.63, 3.8) is 0 Å². The molecule has 0 fully saturated rings. The second-order valence-electron chi connectivity index (χ2n) is 5.92. The van der Waals surface area contributed by atoms with Gasteiger partial charge in [0.2, 0.25) is 5.75 Å². The van der Waals surface area contributed by atoms with E-state index in [2.05, 4.69) is 10.3 Å². The maximum atomic E-state index is 12.5. The first-order valence-electron chi connectivity index (χ1n) is 8.77. The summed E-state index contributed by atoms with van der Waals surface area (Å²) in [6.45, 7) is 1.99. The molecular weight excluding hydrogens is 382 g/mol. The van der Waals surface area contributed by atoms with Crippen molar-refractivity contribution in [1.29, 1.82) is 0 Å². The monoisotopic (exact) mass is 405 g/mol. The first kappa shape index (κ1) is 21.7. The number of carbonyl (C=O) groups is 1. The Morgan fingerprint density at radius 1 is 1.17 bits per heavy atom. The van der Waals surface area contributed by atoms with E-state index in [4.69, 9.17) is 18.9 Å². The van der Waals surface area contributed by atoms with Crippen molar-refractivity contribution >= 4 is 17.5 Å². The number of hydrogen-bond donors (Lipinski definition) is 1. The quantitative estimate of drug-likeness (QED) is 0.361. The van der Waals surface area contributed by atoms with Gasteiger partial charge in [0, 0.05) is 6.07 Å². The average molecular weight is 405 g/mol. The van der Waals surface area contributed by atoms with E-state index in [0.717, 1.165) is 6.20 Å². The van der Waals surface area contributed by atoms with Crippen molar-refractivity contribution in [3.05, 3.63) is 46.1 Å². The van der Waals surface area contributed by atoms with Gasteiger partial charge in [0.25, 0.3) is 5.69 Å². The Bertz CT molecular complexity index is 830. The molecule has 1 atom stereocenters. The summed E-state index contributed by atoms with van der Waals surface area (Å²) in [5.74, 6) is 0.967. The predicted molar refractivity (Wildman–Crippen MR) is 105 cm³/mol. The minimum Gasteiger partial charge on any atom is -0.493 e. The standard InChI is InChI=1S/C19H23N3O7/c1-5-13(21-17-7-6-14(10-20-17)22(24)25)11-29-19(23)12-8-15(26-2)18(28-4)16(9-12)27-3/h6-10,13H,5,11H2,1-4H3,(H,20,21). The first-order chi connectivity index (χ1) is 13.9. The van der Waals surface area contributed by atoms with Crippen molar-refractivity contribution < 1.29 is 28.7 Å². The summed E-state index contributed by atoms with van der Waals surface area (Å²) < 4.78 is 21.1. The van der Waals surface area contributed by atoms with Crippen LogP contribution < -0.4 is 19.5 Å². The maximum absolute atomic E-state index is 12.5. The molecule has 0 radical (unpaired) electrons. The van der Waals surface area contributed by atoms with E-state index >= 15 is 0 Å². The molecule has 0 aliphatic carbocycles. The molecule has 0 spiro atoms. The molecule has 0 saturated carbocycles. The number of aromatic nitrogens is 1. The summed E-state index contributed by atoms with van der Waals surface area (Å²) in [5, 5.41) is 13.8. The highest BCUT2D eigenvalue weighted by atomic mass is 16.6. The Hall–Kier alpha value is -3.56. The Morgan fingerprint density at radius 3 is 2.28 bits per heavy atom. The molecular formula is C19H23N3O7. The normalized spacial score (nSPS) is 11.3. The number of carbonyl (C=O) groups excluding carboxylic acids is 1. The third-order valence-electron chi connectivity index (χ3n) is 4.12. The number of methoxy groups -OCH3 is 3. The maximum Gasteiger partial charge on any atom is 0.338 e. The van der Waals surface area contributed by atoms with E-state index in [1.165, 1.54) is 45.6 Å².